The molecule has 0 aliphatic heterocycles. The number of hydrogen-bond acceptors (Lipinski definition) is 6. The highest BCUT2D eigenvalue weighted by atomic mass is 35.5. The molecule has 0 saturated heterocycles. The molecular weight excluding hydrogens is 419 g/mol. The first-order chi connectivity index (χ1) is 15.0. The van der Waals surface area contributed by atoms with Crippen LogP contribution in [0.5, 0.6) is 11.5 Å². The molecule has 0 radical (unpaired) electrons. The van der Waals surface area contributed by atoms with E-state index in [2.05, 4.69) is 34.3 Å². The first-order valence-electron chi connectivity index (χ1n) is 10.4. The molecule has 1 fully saturated rings. The highest BCUT2D eigenvalue weighted by Crippen LogP contribution is 2.35. The SMILES string of the molecule is CN(C)C1CCC(Oc2cc3cncnc3cc2OCNc2ccc(F)c(Cl)c2)CC1. The molecule has 3 aromatic rings. The Balaban J connectivity index is 1.47. The third kappa shape index (κ3) is 5.35. The summed E-state index contributed by atoms with van der Waals surface area (Å²) in [5, 5.41) is 4.04. The third-order valence-corrected chi connectivity index (χ3v) is 5.95. The Morgan fingerprint density at radius 1 is 1.13 bits per heavy atom. The Kier molecular flexibility index (Phi) is 6.73. The second kappa shape index (κ2) is 9.66. The predicted octanol–water partition coefficient (Wildman–Crippen LogP) is 5.12. The standard InChI is InChI=1S/C23H26ClFN4O2/c1-29(2)17-4-6-18(7-5-17)31-23-9-15-12-26-13-27-21(15)11-22(23)30-14-28-16-3-8-20(25)19(24)10-16/h3,8-13,17-18,28H,4-7,14H2,1-2H3. The lowest BCUT2D eigenvalue weighted by Gasteiger charge is -2.33. The molecule has 164 valence electrons. The third-order valence-electron chi connectivity index (χ3n) is 5.66. The zero-order chi connectivity index (χ0) is 21.8. The molecule has 1 saturated carbocycles. The van der Waals surface area contributed by atoms with E-state index < -0.39 is 5.82 Å². The zero-order valence-electron chi connectivity index (χ0n) is 17.6. The molecule has 0 bridgehead atoms. The Labute approximate surface area is 186 Å². The van der Waals surface area contributed by atoms with Gasteiger partial charge < -0.3 is 19.7 Å². The molecule has 8 heteroatoms. The molecule has 6 nitrogen and oxygen atoms in total. The number of anilines is 1. The number of rotatable bonds is 7. The fourth-order valence-electron chi connectivity index (χ4n) is 3.86. The van der Waals surface area contributed by atoms with Gasteiger partial charge in [0.2, 0.25) is 0 Å². The van der Waals surface area contributed by atoms with Crippen LogP contribution in [0.1, 0.15) is 25.7 Å². The van der Waals surface area contributed by atoms with Crippen LogP contribution in [-0.4, -0.2) is 47.8 Å². The molecular formula is C23H26ClFN4O2. The summed E-state index contributed by atoms with van der Waals surface area (Å²) in [6.45, 7) is 0.169. The van der Waals surface area contributed by atoms with Crippen molar-refractivity contribution in [3.8, 4) is 11.5 Å². The van der Waals surface area contributed by atoms with E-state index in [1.807, 2.05) is 12.1 Å². The van der Waals surface area contributed by atoms with Crippen molar-refractivity contribution in [3.63, 3.8) is 0 Å². The Bertz CT molecular complexity index is 1040. The first kappa shape index (κ1) is 21.6. The maximum Gasteiger partial charge on any atom is 0.166 e. The second-order valence-corrected chi connectivity index (χ2v) is 8.39. The summed E-state index contributed by atoms with van der Waals surface area (Å²) >= 11 is 5.85. The molecule has 1 aromatic heterocycles. The van der Waals surface area contributed by atoms with Crippen molar-refractivity contribution < 1.29 is 13.9 Å². The average Bonchev–Trinajstić information content (AvgIpc) is 2.77. The molecule has 0 unspecified atom stereocenters. The van der Waals surface area contributed by atoms with Gasteiger partial charge in [0.1, 0.15) is 12.1 Å². The maximum absolute atomic E-state index is 13.4. The predicted molar refractivity (Wildman–Crippen MR) is 120 cm³/mol. The van der Waals surface area contributed by atoms with Gasteiger partial charge in [-0.25, -0.2) is 14.4 Å². The van der Waals surface area contributed by atoms with Crippen molar-refractivity contribution in [1.82, 2.24) is 14.9 Å². The van der Waals surface area contributed by atoms with Crippen LogP contribution >= 0.6 is 11.6 Å². The van der Waals surface area contributed by atoms with Crippen molar-refractivity contribution in [2.75, 3.05) is 26.1 Å². The number of benzene rings is 2. The monoisotopic (exact) mass is 444 g/mol. The number of ether oxygens (including phenoxy) is 2. The van der Waals surface area contributed by atoms with E-state index >= 15 is 0 Å². The smallest absolute Gasteiger partial charge is 0.166 e. The van der Waals surface area contributed by atoms with Gasteiger partial charge in [0, 0.05) is 29.4 Å². The summed E-state index contributed by atoms with van der Waals surface area (Å²) < 4.78 is 25.7. The highest BCUT2D eigenvalue weighted by molar-refractivity contribution is 6.31. The van der Waals surface area contributed by atoms with E-state index in [1.54, 1.807) is 12.3 Å². The van der Waals surface area contributed by atoms with Crippen LogP contribution in [0.15, 0.2) is 42.9 Å². The molecule has 31 heavy (non-hydrogen) atoms. The maximum atomic E-state index is 13.4. The van der Waals surface area contributed by atoms with E-state index in [9.17, 15) is 4.39 Å². The van der Waals surface area contributed by atoms with E-state index in [0.29, 0.717) is 23.2 Å². The summed E-state index contributed by atoms with van der Waals surface area (Å²) in [6.07, 6.45) is 7.63. The van der Waals surface area contributed by atoms with Crippen LogP contribution in [0.2, 0.25) is 5.02 Å². The molecule has 0 spiro atoms. The molecule has 1 aliphatic carbocycles. The normalized spacial score (nSPS) is 18.9. The fourth-order valence-corrected chi connectivity index (χ4v) is 4.04. The lowest BCUT2D eigenvalue weighted by molar-refractivity contribution is 0.108. The molecule has 1 heterocycles. The fraction of sp³-hybridized carbons (Fsp3) is 0.391. The Hall–Kier alpha value is -2.64. The second-order valence-electron chi connectivity index (χ2n) is 7.99. The van der Waals surface area contributed by atoms with Crippen LogP contribution in [0.4, 0.5) is 10.1 Å². The summed E-state index contributed by atoms with van der Waals surface area (Å²) in [6, 6.07) is 8.84. The number of hydrogen-bond donors (Lipinski definition) is 1. The van der Waals surface area contributed by atoms with Gasteiger partial charge in [-0.1, -0.05) is 11.6 Å². The molecule has 4 rings (SSSR count). The van der Waals surface area contributed by atoms with Crippen LogP contribution in [-0.2, 0) is 0 Å². The number of nitrogens with one attached hydrogen (secondary N) is 1. The van der Waals surface area contributed by atoms with Crippen LogP contribution in [0, 0.1) is 5.82 Å². The van der Waals surface area contributed by atoms with Gasteiger partial charge in [-0.2, -0.15) is 0 Å². The minimum atomic E-state index is -0.456. The molecule has 1 N–H and O–H groups in total. The number of aromatic nitrogens is 2. The molecule has 0 amide bonds. The van der Waals surface area contributed by atoms with Gasteiger partial charge in [-0.05, 0) is 64.0 Å². The molecule has 1 aliphatic rings. The Morgan fingerprint density at radius 3 is 2.68 bits per heavy atom. The van der Waals surface area contributed by atoms with E-state index in [-0.39, 0.29) is 17.9 Å². The lowest BCUT2D eigenvalue weighted by Crippen LogP contribution is -2.35. The van der Waals surface area contributed by atoms with Gasteiger partial charge in [0.05, 0.1) is 16.6 Å². The zero-order valence-corrected chi connectivity index (χ0v) is 18.4. The topological polar surface area (TPSA) is 59.5 Å². The summed E-state index contributed by atoms with van der Waals surface area (Å²) in [5.74, 6) is 0.818. The van der Waals surface area contributed by atoms with Crippen molar-refractivity contribution in [1.29, 1.82) is 0 Å². The quantitative estimate of drug-likeness (QED) is 0.510. The summed E-state index contributed by atoms with van der Waals surface area (Å²) in [7, 11) is 4.25. The Morgan fingerprint density at radius 2 is 1.94 bits per heavy atom. The molecule has 0 atom stereocenters. The highest BCUT2D eigenvalue weighted by Gasteiger charge is 2.24. The van der Waals surface area contributed by atoms with Crippen molar-refractivity contribution in [2.24, 2.45) is 0 Å². The van der Waals surface area contributed by atoms with Gasteiger partial charge in [0.15, 0.2) is 18.2 Å². The van der Waals surface area contributed by atoms with Crippen LogP contribution in [0.3, 0.4) is 0 Å². The van der Waals surface area contributed by atoms with E-state index in [0.717, 1.165) is 36.6 Å². The number of halogens is 2. The van der Waals surface area contributed by atoms with Crippen LogP contribution in [0.25, 0.3) is 10.9 Å². The number of fused-ring (bicyclic) bond motifs is 1. The van der Waals surface area contributed by atoms with Crippen molar-refractivity contribution in [3.05, 3.63) is 53.7 Å². The first-order valence-corrected chi connectivity index (χ1v) is 10.8. The van der Waals surface area contributed by atoms with Crippen molar-refractivity contribution >= 4 is 28.2 Å². The van der Waals surface area contributed by atoms with Gasteiger partial charge in [-0.15, -0.1) is 0 Å². The van der Waals surface area contributed by atoms with Gasteiger partial charge in [0.25, 0.3) is 0 Å². The lowest BCUT2D eigenvalue weighted by atomic mass is 9.92. The minimum absolute atomic E-state index is 0.0600. The van der Waals surface area contributed by atoms with Crippen molar-refractivity contribution in [2.45, 2.75) is 37.8 Å². The van der Waals surface area contributed by atoms with E-state index in [4.69, 9.17) is 21.1 Å². The largest absolute Gasteiger partial charge is 0.487 e. The van der Waals surface area contributed by atoms with Gasteiger partial charge >= 0.3 is 0 Å². The summed E-state index contributed by atoms with van der Waals surface area (Å²) in [5.41, 5.74) is 1.44. The number of nitrogens with zero attached hydrogens (tertiary/aromatic N) is 3. The average molecular weight is 445 g/mol. The van der Waals surface area contributed by atoms with Crippen LogP contribution < -0.4 is 14.8 Å². The van der Waals surface area contributed by atoms with E-state index in [1.165, 1.54) is 18.5 Å². The minimum Gasteiger partial charge on any atom is -0.487 e. The summed E-state index contributed by atoms with van der Waals surface area (Å²) in [4.78, 5) is 10.7. The van der Waals surface area contributed by atoms with Gasteiger partial charge in [-0.3, -0.25) is 0 Å². The molecule has 2 aromatic carbocycles.